The van der Waals surface area contributed by atoms with E-state index in [1.807, 2.05) is 0 Å². The van der Waals surface area contributed by atoms with Crippen LogP contribution in [-0.4, -0.2) is 26.7 Å². The Morgan fingerprint density at radius 2 is 1.82 bits per heavy atom. The van der Waals surface area contributed by atoms with E-state index in [-0.39, 0.29) is 33.9 Å². The number of oxazole rings is 1. The predicted molar refractivity (Wildman–Crippen MR) is 111 cm³/mol. The second-order valence-electron chi connectivity index (χ2n) is 7.24. The van der Waals surface area contributed by atoms with Crippen molar-refractivity contribution in [3.05, 3.63) is 70.0 Å². The van der Waals surface area contributed by atoms with Gasteiger partial charge in [0.05, 0.1) is 12.7 Å². The summed E-state index contributed by atoms with van der Waals surface area (Å²) in [7, 11) is 1.45. The number of hydrogen-bond donors (Lipinski definition) is 1. The van der Waals surface area contributed by atoms with E-state index in [2.05, 4.69) is 15.1 Å². The molecule has 7 nitrogen and oxygen atoms in total. The lowest BCUT2D eigenvalue weighted by molar-refractivity contribution is -0.140. The third kappa shape index (κ3) is 3.23. The molecule has 1 N–H and O–H groups in total. The number of alkyl halides is 3. The Balaban J connectivity index is 1.81. The van der Waals surface area contributed by atoms with E-state index < -0.39 is 23.2 Å². The smallest absolute Gasteiger partial charge is 0.435 e. The van der Waals surface area contributed by atoms with Gasteiger partial charge >= 0.3 is 6.18 Å². The average Bonchev–Trinajstić information content (AvgIpc) is 3.36. The molecule has 168 valence electrons. The first kappa shape index (κ1) is 20.7. The van der Waals surface area contributed by atoms with Crippen LogP contribution in [0.25, 0.3) is 39.3 Å². The fourth-order valence-corrected chi connectivity index (χ4v) is 3.72. The van der Waals surface area contributed by atoms with Gasteiger partial charge in [0.25, 0.3) is 5.56 Å². The maximum atomic E-state index is 13.8. The minimum atomic E-state index is -4.87. The van der Waals surface area contributed by atoms with Crippen molar-refractivity contribution in [2.24, 2.45) is 0 Å². The molecule has 5 rings (SSSR count). The highest BCUT2D eigenvalue weighted by Crippen LogP contribution is 2.39. The molecular formula is C22H14F4N4O3. The van der Waals surface area contributed by atoms with Crippen LogP contribution in [0.5, 0.6) is 5.75 Å². The van der Waals surface area contributed by atoms with Gasteiger partial charge in [0.2, 0.25) is 5.89 Å². The number of aromatic nitrogens is 4. The van der Waals surface area contributed by atoms with Gasteiger partial charge in [-0.25, -0.2) is 9.37 Å². The highest BCUT2D eigenvalue weighted by atomic mass is 19.4. The van der Waals surface area contributed by atoms with Crippen molar-refractivity contribution in [2.45, 2.75) is 13.1 Å². The lowest BCUT2D eigenvalue weighted by Crippen LogP contribution is -2.19. The number of aromatic amines is 1. The van der Waals surface area contributed by atoms with Gasteiger partial charge in [-0.05, 0) is 36.8 Å². The van der Waals surface area contributed by atoms with Gasteiger partial charge in [0, 0.05) is 5.69 Å². The first-order chi connectivity index (χ1) is 15.7. The van der Waals surface area contributed by atoms with Gasteiger partial charge in [0.15, 0.2) is 16.8 Å². The molecule has 0 atom stereocenters. The molecule has 0 fully saturated rings. The zero-order valence-corrected chi connectivity index (χ0v) is 17.1. The number of nitrogens with one attached hydrogen (secondary N) is 1. The fraction of sp³-hybridized carbons (Fsp3) is 0.136. The zero-order valence-electron chi connectivity index (χ0n) is 17.1. The Hall–Kier alpha value is -4.15. The largest absolute Gasteiger partial charge is 0.494 e. The normalized spacial score (nSPS) is 12.1. The van der Waals surface area contributed by atoms with Crippen LogP contribution >= 0.6 is 0 Å². The minimum absolute atomic E-state index is 0.0492. The summed E-state index contributed by atoms with van der Waals surface area (Å²) in [4.78, 5) is 20.4. The first-order valence-corrected chi connectivity index (χ1v) is 9.61. The molecule has 0 bridgehead atoms. The van der Waals surface area contributed by atoms with Crippen molar-refractivity contribution >= 4 is 16.7 Å². The van der Waals surface area contributed by atoms with Crippen LogP contribution in [0.4, 0.5) is 17.6 Å². The molecule has 0 unspecified atom stereocenters. The lowest BCUT2D eigenvalue weighted by Gasteiger charge is -2.07. The SMILES string of the molecule is COc1cccc2oc(-c3c(C)[nH]c4c(-c5ccc(F)cc5)c(C(F)(F)F)nn4c3=O)nc12. The van der Waals surface area contributed by atoms with Gasteiger partial charge in [-0.1, -0.05) is 18.2 Å². The standard InChI is InChI=1S/C22H14F4N4O3/c1-10-15(20-28-17-13(32-2)4-3-5-14(17)33-20)21(31)30-19(27-10)16(18(29-30)22(24,25)26)11-6-8-12(23)9-7-11/h3-9,27H,1-2H3. The maximum Gasteiger partial charge on any atom is 0.435 e. The zero-order chi connectivity index (χ0) is 23.5. The quantitative estimate of drug-likeness (QED) is 0.386. The van der Waals surface area contributed by atoms with Crippen molar-refractivity contribution in [2.75, 3.05) is 7.11 Å². The van der Waals surface area contributed by atoms with E-state index in [0.29, 0.717) is 21.4 Å². The molecule has 0 radical (unpaired) electrons. The summed E-state index contributed by atoms with van der Waals surface area (Å²) in [6.45, 7) is 1.51. The molecule has 0 aliphatic rings. The summed E-state index contributed by atoms with van der Waals surface area (Å²) in [6, 6.07) is 9.40. The molecule has 2 aromatic carbocycles. The maximum absolute atomic E-state index is 13.8. The van der Waals surface area contributed by atoms with E-state index in [1.165, 1.54) is 26.2 Å². The molecule has 5 aromatic rings. The highest BCUT2D eigenvalue weighted by Gasteiger charge is 2.39. The van der Waals surface area contributed by atoms with Crippen LogP contribution in [0.3, 0.4) is 0 Å². The molecular weight excluding hydrogens is 444 g/mol. The summed E-state index contributed by atoms with van der Waals surface area (Å²) < 4.78 is 66.4. The molecule has 3 aromatic heterocycles. The number of hydrogen-bond acceptors (Lipinski definition) is 5. The Kier molecular flexibility index (Phi) is 4.52. The molecule has 0 aliphatic carbocycles. The molecule has 0 aliphatic heterocycles. The van der Waals surface area contributed by atoms with E-state index >= 15 is 0 Å². The Labute approximate surface area is 182 Å². The molecule has 0 saturated carbocycles. The summed E-state index contributed by atoms with van der Waals surface area (Å²) in [5.41, 5.74) is -1.80. The second-order valence-corrected chi connectivity index (χ2v) is 7.24. The summed E-state index contributed by atoms with van der Waals surface area (Å²) >= 11 is 0. The Bertz CT molecular complexity index is 1580. The number of H-pyrrole nitrogens is 1. The molecule has 0 amide bonds. The minimum Gasteiger partial charge on any atom is -0.494 e. The van der Waals surface area contributed by atoms with Gasteiger partial charge in [0.1, 0.15) is 22.8 Å². The van der Waals surface area contributed by atoms with E-state index in [1.54, 1.807) is 18.2 Å². The van der Waals surface area contributed by atoms with Gasteiger partial charge in [-0.3, -0.25) is 4.79 Å². The monoisotopic (exact) mass is 458 g/mol. The van der Waals surface area contributed by atoms with Crippen molar-refractivity contribution in [3.63, 3.8) is 0 Å². The topological polar surface area (TPSA) is 85.4 Å². The molecule has 11 heteroatoms. The molecule has 0 spiro atoms. The number of benzene rings is 2. The van der Waals surface area contributed by atoms with Gasteiger partial charge in [-0.15, -0.1) is 0 Å². The fourth-order valence-electron chi connectivity index (χ4n) is 3.72. The number of methoxy groups -OCH3 is 1. The van der Waals surface area contributed by atoms with Crippen LogP contribution in [-0.2, 0) is 6.18 Å². The third-order valence-corrected chi connectivity index (χ3v) is 5.19. The molecule has 33 heavy (non-hydrogen) atoms. The molecule has 0 saturated heterocycles. The number of halogens is 4. The summed E-state index contributed by atoms with van der Waals surface area (Å²) in [6.07, 6.45) is -4.87. The van der Waals surface area contributed by atoms with Crippen LogP contribution < -0.4 is 10.3 Å². The average molecular weight is 458 g/mol. The van der Waals surface area contributed by atoms with Crippen LogP contribution in [0.1, 0.15) is 11.4 Å². The van der Waals surface area contributed by atoms with Crippen molar-refractivity contribution in [3.8, 4) is 28.3 Å². The first-order valence-electron chi connectivity index (χ1n) is 9.61. The van der Waals surface area contributed by atoms with E-state index in [0.717, 1.165) is 12.1 Å². The number of aryl methyl sites for hydroxylation is 1. The number of para-hydroxylation sites is 1. The van der Waals surface area contributed by atoms with Crippen LogP contribution in [0.15, 0.2) is 51.7 Å². The molecule has 3 heterocycles. The van der Waals surface area contributed by atoms with E-state index in [4.69, 9.17) is 9.15 Å². The van der Waals surface area contributed by atoms with Crippen molar-refractivity contribution in [1.29, 1.82) is 0 Å². The highest BCUT2D eigenvalue weighted by molar-refractivity contribution is 5.84. The number of rotatable bonds is 3. The number of nitrogens with zero attached hydrogens (tertiary/aromatic N) is 3. The Morgan fingerprint density at radius 3 is 2.48 bits per heavy atom. The predicted octanol–water partition coefficient (Wildman–Crippen LogP) is 4.97. The Morgan fingerprint density at radius 1 is 1.09 bits per heavy atom. The van der Waals surface area contributed by atoms with Crippen LogP contribution in [0, 0.1) is 12.7 Å². The van der Waals surface area contributed by atoms with Crippen molar-refractivity contribution < 1.29 is 26.7 Å². The van der Waals surface area contributed by atoms with E-state index in [9.17, 15) is 22.4 Å². The van der Waals surface area contributed by atoms with Gasteiger partial charge in [-0.2, -0.15) is 22.8 Å². The van der Waals surface area contributed by atoms with Crippen molar-refractivity contribution in [1.82, 2.24) is 19.6 Å². The van der Waals surface area contributed by atoms with Gasteiger partial charge < -0.3 is 14.1 Å². The third-order valence-electron chi connectivity index (χ3n) is 5.19. The number of ether oxygens (including phenoxy) is 1. The van der Waals surface area contributed by atoms with Crippen LogP contribution in [0.2, 0.25) is 0 Å². The summed E-state index contributed by atoms with van der Waals surface area (Å²) in [5, 5.41) is 3.56. The second kappa shape index (κ2) is 7.19. The summed E-state index contributed by atoms with van der Waals surface area (Å²) in [5.74, 6) is -0.292. The lowest BCUT2D eigenvalue weighted by atomic mass is 10.1. The number of fused-ring (bicyclic) bond motifs is 2.